The summed E-state index contributed by atoms with van der Waals surface area (Å²) in [5, 5.41) is 24.4. The molecule has 12 heteroatoms. The van der Waals surface area contributed by atoms with Crippen LogP contribution in [0.4, 0.5) is 24.5 Å². The maximum Gasteiger partial charge on any atom is 0.434 e. The standard InChI is InChI=1S/C13H7ClF3N5O3/c1-21-11(13(15,16)17)9(14)10(20-21)12(23)19-8-3-2-7(22(24)25)4-6(8)5-18/h2-4H,1H3,(H,19,23). The smallest absolute Gasteiger partial charge is 0.319 e. The third-order valence-corrected chi connectivity index (χ3v) is 3.41. The predicted octanol–water partition coefficient (Wildman–Crippen LogP) is 3.12. The van der Waals surface area contributed by atoms with E-state index in [0.717, 1.165) is 25.2 Å². The van der Waals surface area contributed by atoms with Gasteiger partial charge in [-0.25, -0.2) is 0 Å². The molecule has 130 valence electrons. The van der Waals surface area contributed by atoms with Crippen molar-refractivity contribution in [2.45, 2.75) is 6.18 Å². The molecule has 0 bridgehead atoms. The van der Waals surface area contributed by atoms with Crippen LogP contribution in [0.3, 0.4) is 0 Å². The van der Waals surface area contributed by atoms with E-state index in [1.807, 2.05) is 0 Å². The second-order valence-corrected chi connectivity index (χ2v) is 5.06. The zero-order chi connectivity index (χ0) is 18.9. The third-order valence-electron chi connectivity index (χ3n) is 3.06. The number of rotatable bonds is 3. The van der Waals surface area contributed by atoms with Crippen molar-refractivity contribution >= 4 is 28.9 Å². The van der Waals surface area contributed by atoms with Crippen molar-refractivity contribution in [3.63, 3.8) is 0 Å². The van der Waals surface area contributed by atoms with E-state index in [1.165, 1.54) is 0 Å². The van der Waals surface area contributed by atoms with Crippen molar-refractivity contribution in [2.75, 3.05) is 5.32 Å². The molecule has 0 atom stereocenters. The molecule has 25 heavy (non-hydrogen) atoms. The van der Waals surface area contributed by atoms with Crippen molar-refractivity contribution in [1.82, 2.24) is 9.78 Å². The van der Waals surface area contributed by atoms with Gasteiger partial charge in [-0.1, -0.05) is 11.6 Å². The maximum absolute atomic E-state index is 12.9. The van der Waals surface area contributed by atoms with Crippen molar-refractivity contribution < 1.29 is 22.9 Å². The van der Waals surface area contributed by atoms with Crippen molar-refractivity contribution in [3.05, 3.63) is 50.3 Å². The number of carbonyl (C=O) groups is 1. The summed E-state index contributed by atoms with van der Waals surface area (Å²) in [6.07, 6.45) is -4.82. The van der Waals surface area contributed by atoms with E-state index in [0.29, 0.717) is 4.68 Å². The SMILES string of the molecule is Cn1nc(C(=O)Nc2ccc([N+](=O)[O-])cc2C#N)c(Cl)c1C(F)(F)F. The number of nitro benzene ring substituents is 1. The molecule has 0 radical (unpaired) electrons. The van der Waals surface area contributed by atoms with Gasteiger partial charge in [0.05, 0.1) is 16.2 Å². The van der Waals surface area contributed by atoms with Crippen LogP contribution in [0.15, 0.2) is 18.2 Å². The van der Waals surface area contributed by atoms with Gasteiger partial charge < -0.3 is 5.32 Å². The topological polar surface area (TPSA) is 114 Å². The van der Waals surface area contributed by atoms with Crippen molar-refractivity contribution in [3.8, 4) is 6.07 Å². The molecule has 0 fully saturated rings. The molecule has 1 aromatic carbocycles. The molecule has 1 heterocycles. The van der Waals surface area contributed by atoms with Gasteiger partial charge in [-0.15, -0.1) is 0 Å². The second kappa shape index (κ2) is 6.40. The Labute approximate surface area is 142 Å². The monoisotopic (exact) mass is 373 g/mol. The highest BCUT2D eigenvalue weighted by Crippen LogP contribution is 2.36. The van der Waals surface area contributed by atoms with Crippen LogP contribution in [0.2, 0.25) is 5.02 Å². The molecule has 0 saturated heterocycles. The van der Waals surface area contributed by atoms with E-state index >= 15 is 0 Å². The van der Waals surface area contributed by atoms with E-state index in [1.54, 1.807) is 6.07 Å². The van der Waals surface area contributed by atoms with Gasteiger partial charge in [-0.3, -0.25) is 19.6 Å². The number of amides is 1. The molecule has 1 N–H and O–H groups in total. The lowest BCUT2D eigenvalue weighted by molar-refractivity contribution is -0.384. The lowest BCUT2D eigenvalue weighted by Gasteiger charge is -2.06. The number of hydrogen-bond acceptors (Lipinski definition) is 5. The second-order valence-electron chi connectivity index (χ2n) is 4.69. The maximum atomic E-state index is 12.9. The minimum Gasteiger partial charge on any atom is -0.319 e. The fraction of sp³-hybridized carbons (Fsp3) is 0.154. The first-order valence-electron chi connectivity index (χ1n) is 6.35. The number of aryl methyl sites for hydroxylation is 1. The van der Waals surface area contributed by atoms with Crippen molar-refractivity contribution in [1.29, 1.82) is 5.26 Å². The molecule has 2 aromatic rings. The van der Waals surface area contributed by atoms with Crippen LogP contribution in [0.25, 0.3) is 0 Å². The van der Waals surface area contributed by atoms with Gasteiger partial charge in [-0.2, -0.15) is 23.5 Å². The van der Waals surface area contributed by atoms with Crippen LogP contribution in [-0.2, 0) is 13.2 Å². The summed E-state index contributed by atoms with van der Waals surface area (Å²) in [6.45, 7) is 0. The molecule has 0 unspecified atom stereocenters. The number of anilines is 1. The van der Waals surface area contributed by atoms with Gasteiger partial charge in [0, 0.05) is 19.2 Å². The van der Waals surface area contributed by atoms with Gasteiger partial charge in [0.15, 0.2) is 11.4 Å². The Morgan fingerprint density at radius 2 is 2.12 bits per heavy atom. The minimum atomic E-state index is -4.82. The number of benzene rings is 1. The number of carbonyl (C=O) groups excluding carboxylic acids is 1. The highest BCUT2D eigenvalue weighted by molar-refractivity contribution is 6.34. The Hall–Kier alpha value is -3.13. The third kappa shape index (κ3) is 3.53. The number of alkyl halides is 3. The largest absolute Gasteiger partial charge is 0.434 e. The molecule has 0 saturated carbocycles. The molecule has 1 aromatic heterocycles. The van der Waals surface area contributed by atoms with Crippen molar-refractivity contribution in [2.24, 2.45) is 7.05 Å². The Kier molecular flexibility index (Phi) is 4.67. The minimum absolute atomic E-state index is 0.131. The number of aromatic nitrogens is 2. The average Bonchev–Trinajstić information content (AvgIpc) is 2.82. The van der Waals surface area contributed by atoms with Crippen LogP contribution in [0.1, 0.15) is 21.7 Å². The first-order valence-corrected chi connectivity index (χ1v) is 6.73. The van der Waals surface area contributed by atoms with Gasteiger partial charge in [0.25, 0.3) is 11.6 Å². The van der Waals surface area contributed by atoms with Gasteiger partial charge >= 0.3 is 6.18 Å². The molecular weight excluding hydrogens is 367 g/mol. The summed E-state index contributed by atoms with van der Waals surface area (Å²) >= 11 is 5.60. The number of nitrogens with zero attached hydrogens (tertiary/aromatic N) is 4. The Morgan fingerprint density at radius 1 is 1.48 bits per heavy atom. The highest BCUT2D eigenvalue weighted by Gasteiger charge is 2.40. The van der Waals surface area contributed by atoms with E-state index in [2.05, 4.69) is 10.4 Å². The molecule has 0 aliphatic rings. The number of non-ortho nitro benzene ring substituents is 1. The van der Waals surface area contributed by atoms with E-state index < -0.39 is 33.4 Å². The quantitative estimate of drug-likeness (QED) is 0.655. The van der Waals surface area contributed by atoms with Gasteiger partial charge in [-0.05, 0) is 6.07 Å². The summed E-state index contributed by atoms with van der Waals surface area (Å²) < 4.78 is 39.0. The lowest BCUT2D eigenvalue weighted by atomic mass is 10.1. The van der Waals surface area contributed by atoms with Crippen LogP contribution in [-0.4, -0.2) is 20.6 Å². The molecule has 1 amide bonds. The fourth-order valence-electron chi connectivity index (χ4n) is 1.98. The normalized spacial score (nSPS) is 11.0. The van der Waals surface area contributed by atoms with Crippen LogP contribution in [0, 0.1) is 21.4 Å². The Balaban J connectivity index is 2.39. The molecule has 8 nitrogen and oxygen atoms in total. The predicted molar refractivity (Wildman–Crippen MR) is 79.0 cm³/mol. The number of halogens is 4. The molecule has 2 rings (SSSR count). The number of hydrogen-bond donors (Lipinski definition) is 1. The average molecular weight is 374 g/mol. The van der Waals surface area contributed by atoms with Gasteiger partial charge in [0.2, 0.25) is 0 Å². The number of nitrogens with one attached hydrogen (secondary N) is 1. The molecule has 0 spiro atoms. The Bertz CT molecular complexity index is 917. The number of nitriles is 1. The van der Waals surface area contributed by atoms with Gasteiger partial charge in [0.1, 0.15) is 11.1 Å². The van der Waals surface area contributed by atoms with E-state index in [4.69, 9.17) is 16.9 Å². The lowest BCUT2D eigenvalue weighted by Crippen LogP contribution is -2.14. The molecule has 0 aliphatic heterocycles. The molecule has 0 aliphatic carbocycles. The summed E-state index contributed by atoms with van der Waals surface area (Å²) in [6, 6.07) is 4.66. The van der Waals surface area contributed by atoms with E-state index in [-0.39, 0.29) is 16.9 Å². The molecular formula is C13H7ClF3N5O3. The van der Waals surface area contributed by atoms with Crippen LogP contribution >= 0.6 is 11.6 Å². The summed E-state index contributed by atoms with van der Waals surface area (Å²) in [5.74, 6) is -1.10. The van der Waals surface area contributed by atoms with Crippen LogP contribution in [0.5, 0.6) is 0 Å². The summed E-state index contributed by atoms with van der Waals surface area (Å²) in [7, 11) is 0.970. The first-order chi connectivity index (χ1) is 11.6. The highest BCUT2D eigenvalue weighted by atomic mass is 35.5. The zero-order valence-corrected chi connectivity index (χ0v) is 13.0. The fourth-order valence-corrected chi connectivity index (χ4v) is 2.33. The van der Waals surface area contributed by atoms with Crippen LogP contribution < -0.4 is 5.32 Å². The van der Waals surface area contributed by atoms with E-state index in [9.17, 15) is 28.1 Å². The summed E-state index contributed by atoms with van der Waals surface area (Å²) in [4.78, 5) is 22.1. The number of nitro groups is 1. The zero-order valence-electron chi connectivity index (χ0n) is 12.3. The summed E-state index contributed by atoms with van der Waals surface area (Å²) in [5.41, 5.74) is -2.76. The first kappa shape index (κ1) is 18.2. The Morgan fingerprint density at radius 3 is 2.60 bits per heavy atom.